The Hall–Kier alpha value is -4.05. The highest BCUT2D eigenvalue weighted by Gasteiger charge is 2.14. The molecule has 0 atom stereocenters. The number of carbonyl (C=O) groups excluding carboxylic acids is 1. The van der Waals surface area contributed by atoms with Gasteiger partial charge in [0.05, 0.1) is 26.0 Å². The fraction of sp³-hybridized carbons (Fsp3) is 0.136. The van der Waals surface area contributed by atoms with Crippen LogP contribution in [0.15, 0.2) is 54.7 Å². The topological polar surface area (TPSA) is 110 Å². The van der Waals surface area contributed by atoms with Gasteiger partial charge in [-0.25, -0.2) is 9.78 Å². The largest absolute Gasteiger partial charge is 0.495 e. The lowest BCUT2D eigenvalue weighted by atomic mass is 9.99. The third kappa shape index (κ3) is 3.96. The van der Waals surface area contributed by atoms with Crippen molar-refractivity contribution in [1.29, 1.82) is 5.26 Å². The van der Waals surface area contributed by atoms with Crippen molar-refractivity contribution in [2.24, 2.45) is 0 Å². The van der Waals surface area contributed by atoms with Gasteiger partial charge < -0.3 is 20.5 Å². The highest BCUT2D eigenvalue weighted by molar-refractivity contribution is 6.00. The number of nitrogens with one attached hydrogen (secondary N) is 1. The minimum absolute atomic E-state index is 0.112. The number of nitrogens with zero attached hydrogens (tertiary/aromatic N) is 2. The SMILES string of the molecule is C=C(C#N)CNc1c(OC)ccc2ccc(-c3cnc(N)c(C(=O)OC)c3)cc12. The van der Waals surface area contributed by atoms with Gasteiger partial charge in [0, 0.05) is 29.3 Å². The van der Waals surface area contributed by atoms with Crippen LogP contribution >= 0.6 is 0 Å². The molecule has 0 aliphatic carbocycles. The number of fused-ring (bicyclic) bond motifs is 1. The first-order valence-electron chi connectivity index (χ1n) is 8.75. The van der Waals surface area contributed by atoms with Crippen LogP contribution in [0.1, 0.15) is 10.4 Å². The van der Waals surface area contributed by atoms with Crippen LogP contribution in [0.25, 0.3) is 21.9 Å². The van der Waals surface area contributed by atoms with Crippen molar-refractivity contribution in [3.05, 3.63) is 60.3 Å². The number of pyridine rings is 1. The van der Waals surface area contributed by atoms with E-state index in [0.717, 1.165) is 27.6 Å². The van der Waals surface area contributed by atoms with E-state index in [2.05, 4.69) is 16.9 Å². The Bertz CT molecular complexity index is 1150. The van der Waals surface area contributed by atoms with Crippen LogP contribution < -0.4 is 15.8 Å². The van der Waals surface area contributed by atoms with E-state index in [-0.39, 0.29) is 11.4 Å². The molecule has 7 nitrogen and oxygen atoms in total. The fourth-order valence-corrected chi connectivity index (χ4v) is 2.97. The summed E-state index contributed by atoms with van der Waals surface area (Å²) in [6, 6.07) is 13.3. The third-order valence-corrected chi connectivity index (χ3v) is 4.50. The highest BCUT2D eigenvalue weighted by atomic mass is 16.5. The molecule has 0 amide bonds. The summed E-state index contributed by atoms with van der Waals surface area (Å²) < 4.78 is 10.3. The molecule has 146 valence electrons. The number of hydrogen-bond donors (Lipinski definition) is 2. The monoisotopic (exact) mass is 388 g/mol. The van der Waals surface area contributed by atoms with E-state index in [9.17, 15) is 4.79 Å². The molecule has 2 aromatic carbocycles. The molecule has 3 aromatic rings. The van der Waals surface area contributed by atoms with E-state index in [0.29, 0.717) is 17.9 Å². The lowest BCUT2D eigenvalue weighted by molar-refractivity contribution is 0.0601. The summed E-state index contributed by atoms with van der Waals surface area (Å²) in [4.78, 5) is 16.1. The van der Waals surface area contributed by atoms with E-state index in [1.165, 1.54) is 7.11 Å². The molecule has 1 heterocycles. The highest BCUT2D eigenvalue weighted by Crippen LogP contribution is 2.36. The summed E-state index contributed by atoms with van der Waals surface area (Å²) in [6.45, 7) is 4.00. The first kappa shape index (κ1) is 19.7. The summed E-state index contributed by atoms with van der Waals surface area (Å²) in [5.41, 5.74) is 8.73. The maximum atomic E-state index is 11.9. The fourth-order valence-electron chi connectivity index (χ4n) is 2.97. The minimum atomic E-state index is -0.545. The Balaban J connectivity index is 2.13. The Kier molecular flexibility index (Phi) is 5.65. The lowest BCUT2D eigenvalue weighted by Gasteiger charge is -2.15. The summed E-state index contributed by atoms with van der Waals surface area (Å²) >= 11 is 0. The number of nitrogen functional groups attached to an aromatic ring is 1. The molecule has 0 saturated carbocycles. The van der Waals surface area contributed by atoms with Gasteiger partial charge in [0.25, 0.3) is 0 Å². The molecule has 0 saturated heterocycles. The molecular formula is C22H20N4O3. The molecule has 0 bridgehead atoms. The average Bonchev–Trinajstić information content (AvgIpc) is 2.76. The number of hydrogen-bond acceptors (Lipinski definition) is 7. The van der Waals surface area contributed by atoms with Crippen LogP contribution in [0, 0.1) is 11.3 Å². The zero-order valence-corrected chi connectivity index (χ0v) is 16.2. The summed E-state index contributed by atoms with van der Waals surface area (Å²) in [5.74, 6) is 0.211. The van der Waals surface area contributed by atoms with Gasteiger partial charge in [0.15, 0.2) is 0 Å². The van der Waals surface area contributed by atoms with Crippen molar-refractivity contribution in [2.75, 3.05) is 31.8 Å². The van der Waals surface area contributed by atoms with E-state index < -0.39 is 5.97 Å². The molecule has 1 aromatic heterocycles. The van der Waals surface area contributed by atoms with E-state index >= 15 is 0 Å². The van der Waals surface area contributed by atoms with Gasteiger partial charge in [-0.2, -0.15) is 5.26 Å². The molecule has 0 aliphatic heterocycles. The van der Waals surface area contributed by atoms with Crippen molar-refractivity contribution in [1.82, 2.24) is 4.98 Å². The maximum Gasteiger partial charge on any atom is 0.341 e. The van der Waals surface area contributed by atoms with E-state index in [1.807, 2.05) is 36.4 Å². The van der Waals surface area contributed by atoms with Gasteiger partial charge in [0.2, 0.25) is 0 Å². The van der Waals surface area contributed by atoms with Crippen LogP contribution in [-0.4, -0.2) is 31.7 Å². The summed E-state index contributed by atoms with van der Waals surface area (Å²) in [7, 11) is 2.88. The third-order valence-electron chi connectivity index (χ3n) is 4.50. The lowest BCUT2D eigenvalue weighted by Crippen LogP contribution is -2.07. The predicted octanol–water partition coefficient (Wildman–Crippen LogP) is 3.77. The molecule has 7 heteroatoms. The number of aromatic nitrogens is 1. The first-order valence-corrected chi connectivity index (χ1v) is 8.75. The average molecular weight is 388 g/mol. The van der Waals surface area contributed by atoms with Gasteiger partial charge >= 0.3 is 5.97 Å². The number of esters is 1. The van der Waals surface area contributed by atoms with Crippen molar-refractivity contribution in [2.45, 2.75) is 0 Å². The van der Waals surface area contributed by atoms with Gasteiger partial charge in [0.1, 0.15) is 17.1 Å². The Labute approximate surface area is 168 Å². The smallest absolute Gasteiger partial charge is 0.341 e. The van der Waals surface area contributed by atoms with Crippen LogP contribution in [0.3, 0.4) is 0 Å². The first-order chi connectivity index (χ1) is 14.0. The number of carbonyl (C=O) groups is 1. The zero-order chi connectivity index (χ0) is 21.0. The van der Waals surface area contributed by atoms with Crippen LogP contribution in [-0.2, 0) is 4.74 Å². The molecule has 0 unspecified atom stereocenters. The number of ether oxygens (including phenoxy) is 2. The number of benzene rings is 2. The Morgan fingerprint density at radius 2 is 2.00 bits per heavy atom. The van der Waals surface area contributed by atoms with Crippen molar-refractivity contribution >= 4 is 28.2 Å². The number of anilines is 2. The maximum absolute atomic E-state index is 11.9. The minimum Gasteiger partial charge on any atom is -0.495 e. The number of rotatable bonds is 6. The molecule has 0 fully saturated rings. The second kappa shape index (κ2) is 8.31. The summed E-state index contributed by atoms with van der Waals surface area (Å²) in [6.07, 6.45) is 1.60. The molecular weight excluding hydrogens is 368 g/mol. The van der Waals surface area contributed by atoms with Crippen molar-refractivity contribution in [3.8, 4) is 22.9 Å². The second-order valence-electron chi connectivity index (χ2n) is 6.30. The number of nitrogens with two attached hydrogens (primary N) is 1. The number of nitriles is 1. The van der Waals surface area contributed by atoms with E-state index in [4.69, 9.17) is 20.5 Å². The van der Waals surface area contributed by atoms with Gasteiger partial charge in [-0.15, -0.1) is 0 Å². The van der Waals surface area contributed by atoms with Crippen LogP contribution in [0.2, 0.25) is 0 Å². The summed E-state index contributed by atoms with van der Waals surface area (Å²) in [5, 5.41) is 14.1. The molecule has 29 heavy (non-hydrogen) atoms. The Morgan fingerprint density at radius 3 is 2.69 bits per heavy atom. The molecule has 3 N–H and O–H groups in total. The standard InChI is InChI=1S/C22H20N4O3/c1-13(10-23)11-25-20-17-8-15(5-4-14(17)6-7-19(20)28-2)16-9-18(22(27)29-3)21(24)26-12-16/h4-9,12,25H,1,11H2,2-3H3,(H2,24,26). The number of methoxy groups -OCH3 is 2. The van der Waals surface area contributed by atoms with Crippen LogP contribution in [0.5, 0.6) is 5.75 Å². The Morgan fingerprint density at radius 1 is 1.24 bits per heavy atom. The van der Waals surface area contributed by atoms with Gasteiger partial charge in [-0.1, -0.05) is 24.8 Å². The molecule has 0 spiro atoms. The normalized spacial score (nSPS) is 10.2. The van der Waals surface area contributed by atoms with Gasteiger partial charge in [-0.05, 0) is 29.1 Å². The van der Waals surface area contributed by atoms with Crippen molar-refractivity contribution < 1.29 is 14.3 Å². The quantitative estimate of drug-likeness (QED) is 0.488. The molecule has 0 radical (unpaired) electrons. The van der Waals surface area contributed by atoms with Gasteiger partial charge in [-0.3, -0.25) is 0 Å². The molecule has 3 rings (SSSR count). The van der Waals surface area contributed by atoms with Crippen molar-refractivity contribution in [3.63, 3.8) is 0 Å². The van der Waals surface area contributed by atoms with Crippen LogP contribution in [0.4, 0.5) is 11.5 Å². The predicted molar refractivity (Wildman–Crippen MR) is 113 cm³/mol. The molecule has 0 aliphatic rings. The van der Waals surface area contributed by atoms with E-state index in [1.54, 1.807) is 19.4 Å². The zero-order valence-electron chi connectivity index (χ0n) is 16.2. The second-order valence-corrected chi connectivity index (χ2v) is 6.30.